The fraction of sp³-hybridized carbons (Fsp3) is 0.562. The molecule has 5 heteroatoms. The number of hydrogen-bond donors (Lipinski definition) is 2. The number of hydrogen-bond acceptors (Lipinski definition) is 4. The van der Waals surface area contributed by atoms with Gasteiger partial charge in [0, 0.05) is 6.54 Å². The average molecular weight is 294 g/mol. The van der Waals surface area contributed by atoms with Crippen LogP contribution in [0.2, 0.25) is 0 Å². The van der Waals surface area contributed by atoms with Crippen LogP contribution in [0.25, 0.3) is 0 Å². The lowest BCUT2D eigenvalue weighted by Crippen LogP contribution is -2.32. The summed E-state index contributed by atoms with van der Waals surface area (Å²) in [5.41, 5.74) is 6.90. The summed E-state index contributed by atoms with van der Waals surface area (Å²) in [6.07, 6.45) is 0.560. The maximum Gasteiger partial charge on any atom is 0.407 e. The number of alkyl carbamates (subject to hydrolysis) is 1. The van der Waals surface area contributed by atoms with Crippen LogP contribution >= 0.6 is 0 Å². The number of carbonyl (C=O) groups is 1. The van der Waals surface area contributed by atoms with E-state index >= 15 is 0 Å². The lowest BCUT2D eigenvalue weighted by molar-refractivity contribution is 0.0523. The molecule has 0 aromatic heterocycles. The number of rotatable bonds is 5. The summed E-state index contributed by atoms with van der Waals surface area (Å²) in [5, 5.41) is 2.71. The van der Waals surface area contributed by atoms with Crippen LogP contribution in [0.3, 0.4) is 0 Å². The first-order chi connectivity index (χ1) is 9.71. The van der Waals surface area contributed by atoms with Crippen molar-refractivity contribution >= 4 is 11.8 Å². The van der Waals surface area contributed by atoms with Crippen molar-refractivity contribution in [2.75, 3.05) is 5.73 Å². The molecule has 1 aromatic rings. The largest absolute Gasteiger partial charge is 0.489 e. The van der Waals surface area contributed by atoms with Crippen molar-refractivity contribution in [1.29, 1.82) is 0 Å². The maximum absolute atomic E-state index is 11.6. The highest BCUT2D eigenvalue weighted by Gasteiger charge is 2.16. The molecule has 118 valence electrons. The molecule has 0 radical (unpaired) electrons. The fourth-order valence-corrected chi connectivity index (χ4v) is 1.58. The van der Waals surface area contributed by atoms with E-state index in [4.69, 9.17) is 15.2 Å². The molecular formula is C16H26N2O3. The Morgan fingerprint density at radius 1 is 1.38 bits per heavy atom. The van der Waals surface area contributed by atoms with Crippen LogP contribution in [0, 0.1) is 0 Å². The molecule has 1 aromatic carbocycles. The van der Waals surface area contributed by atoms with E-state index in [1.54, 1.807) is 6.07 Å². The first-order valence-corrected chi connectivity index (χ1v) is 7.23. The van der Waals surface area contributed by atoms with Gasteiger partial charge in [0.25, 0.3) is 0 Å². The highest BCUT2D eigenvalue weighted by atomic mass is 16.6. The Balaban J connectivity index is 2.64. The predicted molar refractivity (Wildman–Crippen MR) is 84.3 cm³/mol. The molecule has 0 saturated carbocycles. The lowest BCUT2D eigenvalue weighted by Gasteiger charge is -2.20. The number of benzene rings is 1. The van der Waals surface area contributed by atoms with Crippen LogP contribution < -0.4 is 15.8 Å². The van der Waals surface area contributed by atoms with Crippen molar-refractivity contribution in [3.05, 3.63) is 23.8 Å². The third kappa shape index (κ3) is 6.38. The van der Waals surface area contributed by atoms with Crippen LogP contribution in [0.1, 0.15) is 46.6 Å². The van der Waals surface area contributed by atoms with Gasteiger partial charge in [-0.1, -0.05) is 13.0 Å². The Morgan fingerprint density at radius 2 is 2.05 bits per heavy atom. The van der Waals surface area contributed by atoms with Crippen molar-refractivity contribution in [1.82, 2.24) is 5.32 Å². The van der Waals surface area contributed by atoms with E-state index in [-0.39, 0.29) is 6.10 Å². The van der Waals surface area contributed by atoms with E-state index in [0.29, 0.717) is 18.0 Å². The summed E-state index contributed by atoms with van der Waals surface area (Å²) in [4.78, 5) is 11.6. The van der Waals surface area contributed by atoms with Gasteiger partial charge in [-0.3, -0.25) is 0 Å². The quantitative estimate of drug-likeness (QED) is 0.815. The van der Waals surface area contributed by atoms with Crippen LogP contribution in [0.5, 0.6) is 5.75 Å². The average Bonchev–Trinajstić information content (AvgIpc) is 2.37. The van der Waals surface area contributed by atoms with E-state index in [1.165, 1.54) is 0 Å². The van der Waals surface area contributed by atoms with Gasteiger partial charge in [-0.05, 0) is 51.8 Å². The minimum Gasteiger partial charge on any atom is -0.489 e. The molecule has 0 spiro atoms. The normalized spacial score (nSPS) is 12.6. The second kappa shape index (κ2) is 7.20. The van der Waals surface area contributed by atoms with Crippen molar-refractivity contribution in [2.24, 2.45) is 0 Å². The molecule has 21 heavy (non-hydrogen) atoms. The summed E-state index contributed by atoms with van der Waals surface area (Å²) >= 11 is 0. The van der Waals surface area contributed by atoms with Crippen molar-refractivity contribution in [3.8, 4) is 5.75 Å². The first-order valence-electron chi connectivity index (χ1n) is 7.23. The molecule has 0 aliphatic carbocycles. The summed E-state index contributed by atoms with van der Waals surface area (Å²) in [7, 11) is 0. The Hall–Kier alpha value is -1.91. The number of carbonyl (C=O) groups excluding carboxylic acids is 1. The van der Waals surface area contributed by atoms with E-state index in [0.717, 1.165) is 12.0 Å². The predicted octanol–water partition coefficient (Wildman–Crippen LogP) is 3.47. The molecule has 1 unspecified atom stereocenters. The maximum atomic E-state index is 11.6. The van der Waals surface area contributed by atoms with Gasteiger partial charge >= 0.3 is 6.09 Å². The van der Waals surface area contributed by atoms with Crippen molar-refractivity contribution in [2.45, 2.75) is 59.3 Å². The highest BCUT2D eigenvalue weighted by Crippen LogP contribution is 2.24. The number of nitrogens with two attached hydrogens (primary N) is 1. The van der Waals surface area contributed by atoms with Gasteiger partial charge < -0.3 is 20.5 Å². The SMILES string of the molecule is CCC(C)Oc1cc(CNC(=O)OC(C)(C)C)ccc1N. The zero-order chi connectivity index (χ0) is 16.0. The van der Waals surface area contributed by atoms with Gasteiger partial charge in [0.05, 0.1) is 11.8 Å². The standard InChI is InChI=1S/C16H26N2O3/c1-6-11(2)20-14-9-12(7-8-13(14)17)10-18-15(19)21-16(3,4)5/h7-9,11H,6,10,17H2,1-5H3,(H,18,19). The summed E-state index contributed by atoms with van der Waals surface area (Å²) in [5.74, 6) is 0.646. The summed E-state index contributed by atoms with van der Waals surface area (Å²) in [6.45, 7) is 9.89. The second-order valence-corrected chi connectivity index (χ2v) is 6.06. The van der Waals surface area contributed by atoms with E-state index in [9.17, 15) is 4.79 Å². The third-order valence-electron chi connectivity index (χ3n) is 2.82. The summed E-state index contributed by atoms with van der Waals surface area (Å²) in [6, 6.07) is 5.48. The van der Waals surface area contributed by atoms with Crippen molar-refractivity contribution in [3.63, 3.8) is 0 Å². The van der Waals surface area contributed by atoms with Crippen LogP contribution in [0.15, 0.2) is 18.2 Å². The van der Waals surface area contributed by atoms with Crippen LogP contribution in [-0.4, -0.2) is 17.8 Å². The van der Waals surface area contributed by atoms with Gasteiger partial charge in [0.1, 0.15) is 11.4 Å². The summed E-state index contributed by atoms with van der Waals surface area (Å²) < 4.78 is 10.9. The van der Waals surface area contributed by atoms with Crippen LogP contribution in [0.4, 0.5) is 10.5 Å². The molecule has 5 nitrogen and oxygen atoms in total. The first kappa shape index (κ1) is 17.1. The number of nitrogens with one attached hydrogen (secondary N) is 1. The number of anilines is 1. The fourth-order valence-electron chi connectivity index (χ4n) is 1.58. The van der Waals surface area contributed by atoms with Gasteiger partial charge in [0.2, 0.25) is 0 Å². The number of ether oxygens (including phenoxy) is 2. The number of amides is 1. The molecule has 0 heterocycles. The van der Waals surface area contributed by atoms with E-state index in [1.807, 2.05) is 39.8 Å². The molecule has 1 atom stereocenters. The van der Waals surface area contributed by atoms with Gasteiger partial charge in [-0.15, -0.1) is 0 Å². The van der Waals surface area contributed by atoms with Crippen molar-refractivity contribution < 1.29 is 14.3 Å². The topological polar surface area (TPSA) is 73.6 Å². The smallest absolute Gasteiger partial charge is 0.407 e. The van der Waals surface area contributed by atoms with Crippen LogP contribution in [-0.2, 0) is 11.3 Å². The third-order valence-corrected chi connectivity index (χ3v) is 2.82. The molecule has 1 rings (SSSR count). The van der Waals surface area contributed by atoms with Gasteiger partial charge in [-0.25, -0.2) is 4.79 Å². The molecule has 0 saturated heterocycles. The van der Waals surface area contributed by atoms with E-state index in [2.05, 4.69) is 12.2 Å². The molecule has 0 fully saturated rings. The molecule has 0 aliphatic rings. The molecule has 0 aliphatic heterocycles. The molecule has 1 amide bonds. The Labute approximate surface area is 126 Å². The lowest BCUT2D eigenvalue weighted by atomic mass is 10.2. The van der Waals surface area contributed by atoms with E-state index < -0.39 is 11.7 Å². The minimum absolute atomic E-state index is 0.0985. The monoisotopic (exact) mass is 294 g/mol. The van der Waals surface area contributed by atoms with Gasteiger partial charge in [0.15, 0.2) is 0 Å². The zero-order valence-corrected chi connectivity index (χ0v) is 13.5. The molecule has 3 N–H and O–H groups in total. The highest BCUT2D eigenvalue weighted by molar-refractivity contribution is 5.67. The second-order valence-electron chi connectivity index (χ2n) is 6.06. The Kier molecular flexibility index (Phi) is 5.88. The Morgan fingerprint density at radius 3 is 2.62 bits per heavy atom. The minimum atomic E-state index is -0.504. The number of nitrogen functional groups attached to an aromatic ring is 1. The molecular weight excluding hydrogens is 268 g/mol. The Bertz CT molecular complexity index is 481. The zero-order valence-electron chi connectivity index (χ0n) is 13.5. The van der Waals surface area contributed by atoms with Gasteiger partial charge in [-0.2, -0.15) is 0 Å². The molecule has 0 bridgehead atoms.